The van der Waals surface area contributed by atoms with Gasteiger partial charge >= 0.3 is 0 Å². The number of aliphatic hydroxyl groups excluding tert-OH is 1. The lowest BCUT2D eigenvalue weighted by Crippen LogP contribution is -2.22. The van der Waals surface area contributed by atoms with Gasteiger partial charge in [0.15, 0.2) is 11.5 Å². The van der Waals surface area contributed by atoms with Gasteiger partial charge in [-0.25, -0.2) is 0 Å². The second kappa shape index (κ2) is 8.77. The number of likely N-dealkylation sites (N-methyl/N-ethyl adjacent to an activating group) is 1. The number of ether oxygens (including phenoxy) is 2. The van der Waals surface area contributed by atoms with Crippen LogP contribution in [0.1, 0.15) is 18.4 Å². The van der Waals surface area contributed by atoms with Gasteiger partial charge in [-0.2, -0.15) is 0 Å². The lowest BCUT2D eigenvalue weighted by Gasteiger charge is -2.16. The third-order valence-corrected chi connectivity index (χ3v) is 3.18. The number of unbranched alkanes of at least 4 members (excludes halogenated alkanes) is 1. The molecule has 0 aliphatic carbocycles. The minimum absolute atomic E-state index is 0.281. The van der Waals surface area contributed by atoms with Gasteiger partial charge in [-0.15, -0.1) is 0 Å². The van der Waals surface area contributed by atoms with Crippen molar-refractivity contribution in [2.24, 2.45) is 0 Å². The Morgan fingerprint density at radius 1 is 1.05 bits per heavy atom. The number of aliphatic hydroxyl groups is 1. The number of hydrogen-bond donors (Lipinski definition) is 1. The number of rotatable bonds is 9. The molecule has 4 heteroatoms. The Morgan fingerprint density at radius 3 is 2.42 bits per heavy atom. The van der Waals surface area contributed by atoms with Crippen molar-refractivity contribution in [2.75, 3.05) is 41.0 Å². The molecule has 19 heavy (non-hydrogen) atoms. The van der Waals surface area contributed by atoms with Crippen molar-refractivity contribution in [1.29, 1.82) is 0 Å². The zero-order chi connectivity index (χ0) is 14.1. The van der Waals surface area contributed by atoms with Gasteiger partial charge in [0.2, 0.25) is 0 Å². The van der Waals surface area contributed by atoms with Crippen LogP contribution in [-0.4, -0.2) is 51.0 Å². The molecule has 0 radical (unpaired) electrons. The molecule has 0 amide bonds. The summed E-state index contributed by atoms with van der Waals surface area (Å²) in [6.07, 6.45) is 2.90. The summed E-state index contributed by atoms with van der Waals surface area (Å²) in [6.45, 7) is 2.30. The molecular formula is C15H25NO3. The third kappa shape index (κ3) is 5.49. The Bertz CT molecular complexity index is 368. The van der Waals surface area contributed by atoms with E-state index in [-0.39, 0.29) is 6.61 Å². The van der Waals surface area contributed by atoms with Gasteiger partial charge in [-0.05, 0) is 50.6 Å². The molecule has 0 aromatic heterocycles. The Balaban J connectivity index is 2.44. The van der Waals surface area contributed by atoms with Crippen LogP contribution >= 0.6 is 0 Å². The number of nitrogens with zero attached hydrogens (tertiary/aromatic N) is 1. The topological polar surface area (TPSA) is 41.9 Å². The molecular weight excluding hydrogens is 242 g/mol. The standard InChI is InChI=1S/C15H25NO3/c1-16(9-4-5-11-17)10-8-13-6-7-14(18-2)15(12-13)19-3/h6-7,12,17H,4-5,8-11H2,1-3H3. The highest BCUT2D eigenvalue weighted by Gasteiger charge is 2.05. The Labute approximate surface area is 115 Å². The van der Waals surface area contributed by atoms with Gasteiger partial charge in [0, 0.05) is 13.2 Å². The van der Waals surface area contributed by atoms with Gasteiger partial charge in [0.25, 0.3) is 0 Å². The van der Waals surface area contributed by atoms with E-state index in [1.807, 2.05) is 12.1 Å². The van der Waals surface area contributed by atoms with Crippen LogP contribution in [0.15, 0.2) is 18.2 Å². The zero-order valence-corrected chi connectivity index (χ0v) is 12.2. The molecule has 0 unspecified atom stereocenters. The molecule has 0 atom stereocenters. The van der Waals surface area contributed by atoms with Crippen LogP contribution in [0.2, 0.25) is 0 Å². The molecule has 0 heterocycles. The summed E-state index contributed by atoms with van der Waals surface area (Å²) in [4.78, 5) is 2.28. The zero-order valence-electron chi connectivity index (χ0n) is 12.2. The van der Waals surface area contributed by atoms with Gasteiger partial charge in [0.1, 0.15) is 0 Å². The molecule has 0 aliphatic heterocycles. The highest BCUT2D eigenvalue weighted by atomic mass is 16.5. The Morgan fingerprint density at radius 2 is 1.79 bits per heavy atom. The second-order valence-corrected chi connectivity index (χ2v) is 4.67. The van der Waals surface area contributed by atoms with Crippen LogP contribution in [-0.2, 0) is 6.42 Å². The SMILES string of the molecule is COc1ccc(CCN(C)CCCCO)cc1OC. The fourth-order valence-corrected chi connectivity index (χ4v) is 1.96. The molecule has 1 aromatic carbocycles. The monoisotopic (exact) mass is 267 g/mol. The first-order valence-corrected chi connectivity index (χ1v) is 6.71. The predicted octanol–water partition coefficient (Wildman–Crippen LogP) is 1.95. The normalized spacial score (nSPS) is 10.8. The average Bonchev–Trinajstić information content (AvgIpc) is 2.45. The number of benzene rings is 1. The third-order valence-electron chi connectivity index (χ3n) is 3.18. The summed E-state index contributed by atoms with van der Waals surface area (Å²) in [5.41, 5.74) is 1.24. The molecule has 108 valence electrons. The van der Waals surface area contributed by atoms with Gasteiger partial charge in [-0.3, -0.25) is 0 Å². The van der Waals surface area contributed by atoms with E-state index in [1.165, 1.54) is 5.56 Å². The van der Waals surface area contributed by atoms with E-state index < -0.39 is 0 Å². The molecule has 1 N–H and O–H groups in total. The van der Waals surface area contributed by atoms with E-state index in [0.29, 0.717) is 0 Å². The minimum Gasteiger partial charge on any atom is -0.493 e. The second-order valence-electron chi connectivity index (χ2n) is 4.67. The molecule has 1 aromatic rings. The molecule has 0 saturated carbocycles. The molecule has 4 nitrogen and oxygen atoms in total. The van der Waals surface area contributed by atoms with Crippen molar-refractivity contribution in [3.63, 3.8) is 0 Å². The van der Waals surface area contributed by atoms with E-state index in [1.54, 1.807) is 14.2 Å². The molecule has 0 spiro atoms. The van der Waals surface area contributed by atoms with E-state index in [9.17, 15) is 0 Å². The van der Waals surface area contributed by atoms with Crippen LogP contribution in [0.3, 0.4) is 0 Å². The maximum absolute atomic E-state index is 8.75. The molecule has 0 aliphatic rings. The van der Waals surface area contributed by atoms with E-state index in [0.717, 1.165) is 43.9 Å². The maximum atomic E-state index is 8.75. The van der Waals surface area contributed by atoms with E-state index in [4.69, 9.17) is 14.6 Å². The largest absolute Gasteiger partial charge is 0.493 e. The van der Waals surface area contributed by atoms with Gasteiger partial charge < -0.3 is 19.5 Å². The van der Waals surface area contributed by atoms with Crippen LogP contribution in [0.4, 0.5) is 0 Å². The Hall–Kier alpha value is -1.26. The van der Waals surface area contributed by atoms with E-state index >= 15 is 0 Å². The first-order chi connectivity index (χ1) is 9.21. The summed E-state index contributed by atoms with van der Waals surface area (Å²) < 4.78 is 10.5. The maximum Gasteiger partial charge on any atom is 0.160 e. The quantitative estimate of drug-likeness (QED) is 0.694. The van der Waals surface area contributed by atoms with Gasteiger partial charge in [0.05, 0.1) is 14.2 Å². The highest BCUT2D eigenvalue weighted by molar-refractivity contribution is 5.42. The van der Waals surface area contributed by atoms with Gasteiger partial charge in [-0.1, -0.05) is 6.07 Å². The fraction of sp³-hybridized carbons (Fsp3) is 0.600. The fourth-order valence-electron chi connectivity index (χ4n) is 1.96. The van der Waals surface area contributed by atoms with Crippen molar-refractivity contribution in [3.05, 3.63) is 23.8 Å². The number of hydrogen-bond acceptors (Lipinski definition) is 4. The first-order valence-electron chi connectivity index (χ1n) is 6.71. The lowest BCUT2D eigenvalue weighted by molar-refractivity contribution is 0.264. The molecule has 0 bridgehead atoms. The average molecular weight is 267 g/mol. The molecule has 0 fully saturated rings. The summed E-state index contributed by atoms with van der Waals surface area (Å²) in [7, 11) is 5.41. The van der Waals surface area contributed by atoms with E-state index in [2.05, 4.69) is 18.0 Å². The minimum atomic E-state index is 0.281. The van der Waals surface area contributed by atoms with Crippen molar-refractivity contribution >= 4 is 0 Å². The van der Waals surface area contributed by atoms with Crippen molar-refractivity contribution in [2.45, 2.75) is 19.3 Å². The summed E-state index contributed by atoms with van der Waals surface area (Å²) in [5.74, 6) is 1.55. The molecule has 0 saturated heterocycles. The lowest BCUT2D eigenvalue weighted by atomic mass is 10.1. The number of methoxy groups -OCH3 is 2. The predicted molar refractivity (Wildman–Crippen MR) is 77.1 cm³/mol. The summed E-state index contributed by atoms with van der Waals surface area (Å²) in [5, 5.41) is 8.75. The smallest absolute Gasteiger partial charge is 0.160 e. The van der Waals surface area contributed by atoms with Crippen molar-refractivity contribution < 1.29 is 14.6 Å². The highest BCUT2D eigenvalue weighted by Crippen LogP contribution is 2.27. The van der Waals surface area contributed by atoms with Crippen LogP contribution in [0.25, 0.3) is 0 Å². The first kappa shape index (κ1) is 15.8. The molecule has 1 rings (SSSR count). The van der Waals surface area contributed by atoms with Crippen LogP contribution in [0.5, 0.6) is 11.5 Å². The summed E-state index contributed by atoms with van der Waals surface area (Å²) in [6, 6.07) is 6.04. The Kier molecular flexibility index (Phi) is 7.30. The summed E-state index contributed by atoms with van der Waals surface area (Å²) >= 11 is 0. The van der Waals surface area contributed by atoms with Crippen LogP contribution < -0.4 is 9.47 Å². The van der Waals surface area contributed by atoms with Crippen molar-refractivity contribution in [3.8, 4) is 11.5 Å². The van der Waals surface area contributed by atoms with Crippen LogP contribution in [0, 0.1) is 0 Å². The van der Waals surface area contributed by atoms with Crippen molar-refractivity contribution in [1.82, 2.24) is 4.90 Å².